The maximum Gasteiger partial charge on any atom is 0.227 e. The van der Waals surface area contributed by atoms with Gasteiger partial charge in [-0.3, -0.25) is 4.79 Å². The first-order valence-electron chi connectivity index (χ1n) is 5.22. The molecule has 0 atom stereocenters. The van der Waals surface area contributed by atoms with Crippen LogP contribution >= 0.6 is 0 Å². The summed E-state index contributed by atoms with van der Waals surface area (Å²) >= 11 is 0. The molecule has 1 aliphatic heterocycles. The van der Waals surface area contributed by atoms with Crippen molar-refractivity contribution in [2.75, 3.05) is 26.2 Å². The average molecular weight is 232 g/mol. The van der Waals surface area contributed by atoms with Crippen LogP contribution in [0.3, 0.4) is 0 Å². The zero-order chi connectivity index (χ0) is 11.1. The highest BCUT2D eigenvalue weighted by molar-refractivity contribution is 7.91. The normalized spacial score (nSPS) is 26.2. The van der Waals surface area contributed by atoms with Crippen LogP contribution in [0.5, 0.6) is 0 Å². The molecule has 15 heavy (non-hydrogen) atoms. The van der Waals surface area contributed by atoms with Gasteiger partial charge in [-0.2, -0.15) is 4.31 Å². The second kappa shape index (κ2) is 3.54. The van der Waals surface area contributed by atoms with Gasteiger partial charge < -0.3 is 5.32 Å². The van der Waals surface area contributed by atoms with Gasteiger partial charge in [-0.05, 0) is 19.8 Å². The third-order valence-electron chi connectivity index (χ3n) is 3.26. The molecule has 0 amide bonds. The predicted molar refractivity (Wildman–Crippen MR) is 56.0 cm³/mol. The maximum absolute atomic E-state index is 12.2. The Balaban J connectivity index is 2.23. The molecule has 1 heterocycles. The summed E-state index contributed by atoms with van der Waals surface area (Å²) in [6, 6.07) is 0. The predicted octanol–water partition coefficient (Wildman–Crippen LogP) is -0.657. The molecule has 0 aromatic heterocycles. The molecule has 6 heteroatoms. The van der Waals surface area contributed by atoms with E-state index >= 15 is 0 Å². The van der Waals surface area contributed by atoms with Crippen molar-refractivity contribution in [3.05, 3.63) is 0 Å². The van der Waals surface area contributed by atoms with Crippen molar-refractivity contribution < 1.29 is 13.2 Å². The SMILES string of the molecule is CC(=O)C1(S(=O)(=O)N2CCNCC2)CC1. The van der Waals surface area contributed by atoms with Crippen molar-refractivity contribution in [1.82, 2.24) is 9.62 Å². The largest absolute Gasteiger partial charge is 0.314 e. The van der Waals surface area contributed by atoms with E-state index in [-0.39, 0.29) is 5.78 Å². The van der Waals surface area contributed by atoms with Crippen LogP contribution in [-0.4, -0.2) is 49.4 Å². The van der Waals surface area contributed by atoms with Crippen LogP contribution in [0.25, 0.3) is 0 Å². The van der Waals surface area contributed by atoms with Gasteiger partial charge in [0.25, 0.3) is 0 Å². The molecule has 1 aliphatic carbocycles. The van der Waals surface area contributed by atoms with Crippen LogP contribution in [-0.2, 0) is 14.8 Å². The molecule has 1 N–H and O–H groups in total. The van der Waals surface area contributed by atoms with Crippen molar-refractivity contribution in [3.63, 3.8) is 0 Å². The Hall–Kier alpha value is -0.460. The fourth-order valence-corrected chi connectivity index (χ4v) is 4.18. The van der Waals surface area contributed by atoms with Gasteiger partial charge in [0.15, 0.2) is 5.78 Å². The highest BCUT2D eigenvalue weighted by atomic mass is 32.2. The zero-order valence-corrected chi connectivity index (χ0v) is 9.64. The van der Waals surface area contributed by atoms with Crippen LogP contribution in [0, 0.1) is 0 Å². The number of sulfonamides is 1. The number of nitrogens with zero attached hydrogens (tertiary/aromatic N) is 1. The molecule has 0 aromatic carbocycles. The zero-order valence-electron chi connectivity index (χ0n) is 8.82. The summed E-state index contributed by atoms with van der Waals surface area (Å²) in [4.78, 5) is 11.4. The molecule has 0 bridgehead atoms. The van der Waals surface area contributed by atoms with Crippen molar-refractivity contribution >= 4 is 15.8 Å². The number of nitrogens with one attached hydrogen (secondary N) is 1. The Bertz CT molecular complexity index is 367. The lowest BCUT2D eigenvalue weighted by Crippen LogP contribution is -2.51. The summed E-state index contributed by atoms with van der Waals surface area (Å²) in [7, 11) is -3.41. The monoisotopic (exact) mass is 232 g/mol. The third-order valence-corrected chi connectivity index (χ3v) is 5.98. The fraction of sp³-hybridized carbons (Fsp3) is 0.889. The molecular weight excluding hydrogens is 216 g/mol. The van der Waals surface area contributed by atoms with Crippen LogP contribution < -0.4 is 5.32 Å². The van der Waals surface area contributed by atoms with Gasteiger partial charge in [0, 0.05) is 26.2 Å². The van der Waals surface area contributed by atoms with E-state index in [1.54, 1.807) is 0 Å². The van der Waals surface area contributed by atoms with E-state index in [1.807, 2.05) is 0 Å². The molecule has 0 radical (unpaired) electrons. The average Bonchev–Trinajstić information content (AvgIpc) is 3.00. The fourth-order valence-electron chi connectivity index (χ4n) is 2.04. The number of rotatable bonds is 3. The minimum absolute atomic E-state index is 0.207. The smallest absolute Gasteiger partial charge is 0.227 e. The van der Waals surface area contributed by atoms with Crippen LogP contribution in [0.2, 0.25) is 0 Å². The molecule has 0 aromatic rings. The number of ketones is 1. The van der Waals surface area contributed by atoms with Crippen molar-refractivity contribution in [2.24, 2.45) is 0 Å². The van der Waals surface area contributed by atoms with Crippen molar-refractivity contribution in [3.8, 4) is 0 Å². The summed E-state index contributed by atoms with van der Waals surface area (Å²) in [5, 5.41) is 3.10. The molecule has 1 saturated heterocycles. The summed E-state index contributed by atoms with van der Waals surface area (Å²) in [6.45, 7) is 3.70. The number of Topliss-reactive ketones (excluding diaryl/α,β-unsaturated/α-hetero) is 1. The highest BCUT2D eigenvalue weighted by Crippen LogP contribution is 2.45. The highest BCUT2D eigenvalue weighted by Gasteiger charge is 2.60. The Morgan fingerprint density at radius 3 is 2.20 bits per heavy atom. The lowest BCUT2D eigenvalue weighted by Gasteiger charge is -2.29. The van der Waals surface area contributed by atoms with Gasteiger partial charge >= 0.3 is 0 Å². The third kappa shape index (κ3) is 1.60. The first-order chi connectivity index (χ1) is 7.01. The van der Waals surface area contributed by atoms with E-state index in [4.69, 9.17) is 0 Å². The maximum atomic E-state index is 12.2. The molecule has 0 spiro atoms. The molecule has 0 unspecified atom stereocenters. The van der Waals surface area contributed by atoms with E-state index < -0.39 is 14.8 Å². The molecule has 2 fully saturated rings. The van der Waals surface area contributed by atoms with Crippen LogP contribution in [0.15, 0.2) is 0 Å². The molecule has 5 nitrogen and oxygen atoms in total. The Morgan fingerprint density at radius 2 is 1.80 bits per heavy atom. The summed E-state index contributed by atoms with van der Waals surface area (Å²) in [5.74, 6) is -0.207. The number of hydrogen-bond donors (Lipinski definition) is 1. The topological polar surface area (TPSA) is 66.5 Å². The molecule has 86 valence electrons. The lowest BCUT2D eigenvalue weighted by molar-refractivity contribution is -0.117. The van der Waals surface area contributed by atoms with E-state index in [9.17, 15) is 13.2 Å². The van der Waals surface area contributed by atoms with Gasteiger partial charge in [0.1, 0.15) is 4.75 Å². The van der Waals surface area contributed by atoms with Crippen molar-refractivity contribution in [1.29, 1.82) is 0 Å². The van der Waals surface area contributed by atoms with E-state index in [1.165, 1.54) is 11.2 Å². The quantitative estimate of drug-likeness (QED) is 0.702. The molecule has 2 rings (SSSR count). The number of piperazine rings is 1. The summed E-state index contributed by atoms with van der Waals surface area (Å²) in [6.07, 6.45) is 0.989. The van der Waals surface area contributed by atoms with Crippen LogP contribution in [0.1, 0.15) is 19.8 Å². The summed E-state index contributed by atoms with van der Waals surface area (Å²) in [5.41, 5.74) is 0. The second-order valence-corrected chi connectivity index (χ2v) is 6.45. The second-order valence-electron chi connectivity index (χ2n) is 4.20. The lowest BCUT2D eigenvalue weighted by atomic mass is 10.3. The van der Waals surface area contributed by atoms with Gasteiger partial charge in [-0.25, -0.2) is 8.42 Å². The van der Waals surface area contributed by atoms with Gasteiger partial charge in [-0.15, -0.1) is 0 Å². The standard InChI is InChI=1S/C9H16N2O3S/c1-8(12)9(2-3-9)15(13,14)11-6-4-10-5-7-11/h10H,2-7H2,1H3. The number of hydrogen-bond acceptors (Lipinski definition) is 4. The Labute approximate surface area is 89.9 Å². The molecule has 1 saturated carbocycles. The first-order valence-corrected chi connectivity index (χ1v) is 6.66. The van der Waals surface area contributed by atoms with E-state index in [2.05, 4.69) is 5.32 Å². The Kier molecular flexibility index (Phi) is 2.60. The molecular formula is C9H16N2O3S. The minimum Gasteiger partial charge on any atom is -0.314 e. The number of carbonyl (C=O) groups is 1. The van der Waals surface area contributed by atoms with E-state index in [0.29, 0.717) is 39.0 Å². The van der Waals surface area contributed by atoms with Gasteiger partial charge in [0.05, 0.1) is 0 Å². The van der Waals surface area contributed by atoms with Gasteiger partial charge in [0.2, 0.25) is 10.0 Å². The van der Waals surface area contributed by atoms with Crippen LogP contribution in [0.4, 0.5) is 0 Å². The summed E-state index contributed by atoms with van der Waals surface area (Å²) < 4.78 is 24.8. The Morgan fingerprint density at radius 1 is 1.27 bits per heavy atom. The number of carbonyl (C=O) groups excluding carboxylic acids is 1. The van der Waals surface area contributed by atoms with Gasteiger partial charge in [-0.1, -0.05) is 0 Å². The molecule has 2 aliphatic rings. The minimum atomic E-state index is -3.41. The van der Waals surface area contributed by atoms with E-state index in [0.717, 1.165) is 0 Å². The van der Waals surface area contributed by atoms with Crippen molar-refractivity contribution in [2.45, 2.75) is 24.5 Å². The first kappa shape index (κ1) is 11.0.